The van der Waals surface area contributed by atoms with Crippen molar-refractivity contribution in [1.29, 1.82) is 0 Å². The van der Waals surface area contributed by atoms with Gasteiger partial charge < -0.3 is 5.32 Å². The van der Waals surface area contributed by atoms with Gasteiger partial charge in [0.1, 0.15) is 0 Å². The van der Waals surface area contributed by atoms with Gasteiger partial charge in [-0.15, -0.1) is 0 Å². The first-order valence-corrected chi connectivity index (χ1v) is 7.30. The molecule has 0 radical (unpaired) electrons. The zero-order valence-corrected chi connectivity index (χ0v) is 12.1. The standard InChI is InChI=1S/C17H22N2/c1-11(2)18-10-15-13-7-5-9-16(13)19-17-12(3)6-4-8-14(15)17/h4,6,8,11,18H,5,7,9-10H2,1-3H3. The minimum Gasteiger partial charge on any atom is -0.310 e. The average Bonchev–Trinajstić information content (AvgIpc) is 2.83. The summed E-state index contributed by atoms with van der Waals surface area (Å²) < 4.78 is 0. The molecule has 0 saturated carbocycles. The highest BCUT2D eigenvalue weighted by molar-refractivity contribution is 5.86. The van der Waals surface area contributed by atoms with Crippen molar-refractivity contribution < 1.29 is 0 Å². The van der Waals surface area contributed by atoms with E-state index in [1.807, 2.05) is 0 Å². The number of pyridine rings is 1. The highest BCUT2D eigenvalue weighted by Crippen LogP contribution is 2.31. The van der Waals surface area contributed by atoms with E-state index in [0.717, 1.165) is 13.0 Å². The van der Waals surface area contributed by atoms with E-state index in [9.17, 15) is 0 Å². The number of aromatic nitrogens is 1. The Morgan fingerprint density at radius 1 is 1.26 bits per heavy atom. The highest BCUT2D eigenvalue weighted by Gasteiger charge is 2.19. The largest absolute Gasteiger partial charge is 0.310 e. The Kier molecular flexibility index (Phi) is 3.28. The maximum atomic E-state index is 4.92. The van der Waals surface area contributed by atoms with Gasteiger partial charge in [0.05, 0.1) is 5.52 Å². The molecule has 1 N–H and O–H groups in total. The minimum atomic E-state index is 0.519. The number of aryl methyl sites for hydroxylation is 2. The van der Waals surface area contributed by atoms with Crippen LogP contribution in [-0.4, -0.2) is 11.0 Å². The molecule has 0 atom stereocenters. The van der Waals surface area contributed by atoms with Gasteiger partial charge in [-0.25, -0.2) is 0 Å². The lowest BCUT2D eigenvalue weighted by Crippen LogP contribution is -2.23. The quantitative estimate of drug-likeness (QED) is 0.906. The molecule has 1 aliphatic carbocycles. The molecule has 1 aliphatic rings. The molecular weight excluding hydrogens is 232 g/mol. The van der Waals surface area contributed by atoms with Crippen molar-refractivity contribution >= 4 is 10.9 Å². The van der Waals surface area contributed by atoms with Gasteiger partial charge in [0.2, 0.25) is 0 Å². The Bertz CT molecular complexity index is 614. The van der Waals surface area contributed by atoms with Gasteiger partial charge >= 0.3 is 0 Å². The molecule has 0 saturated heterocycles. The molecule has 2 heteroatoms. The molecule has 2 aromatic rings. The number of para-hydroxylation sites is 1. The number of benzene rings is 1. The first kappa shape index (κ1) is 12.6. The lowest BCUT2D eigenvalue weighted by Gasteiger charge is -2.16. The number of hydrogen-bond acceptors (Lipinski definition) is 2. The van der Waals surface area contributed by atoms with Crippen LogP contribution in [0.25, 0.3) is 10.9 Å². The maximum Gasteiger partial charge on any atom is 0.0737 e. The molecule has 100 valence electrons. The summed E-state index contributed by atoms with van der Waals surface area (Å²) in [6, 6.07) is 7.06. The van der Waals surface area contributed by atoms with E-state index >= 15 is 0 Å². The van der Waals surface area contributed by atoms with E-state index in [4.69, 9.17) is 4.98 Å². The molecule has 0 amide bonds. The summed E-state index contributed by atoms with van der Waals surface area (Å²) in [5.74, 6) is 0. The van der Waals surface area contributed by atoms with Crippen LogP contribution in [0.5, 0.6) is 0 Å². The second kappa shape index (κ2) is 4.93. The van der Waals surface area contributed by atoms with Crippen LogP contribution in [0.1, 0.15) is 42.7 Å². The second-order valence-electron chi connectivity index (χ2n) is 5.88. The first-order valence-electron chi connectivity index (χ1n) is 7.30. The van der Waals surface area contributed by atoms with E-state index < -0.39 is 0 Å². The van der Waals surface area contributed by atoms with Crippen LogP contribution in [0, 0.1) is 6.92 Å². The number of rotatable bonds is 3. The number of hydrogen-bond donors (Lipinski definition) is 1. The summed E-state index contributed by atoms with van der Waals surface area (Å²) in [5.41, 5.74) is 6.81. The van der Waals surface area contributed by atoms with Crippen molar-refractivity contribution in [2.45, 2.75) is 52.6 Å². The van der Waals surface area contributed by atoms with E-state index in [1.54, 1.807) is 0 Å². The highest BCUT2D eigenvalue weighted by atomic mass is 14.9. The fourth-order valence-corrected chi connectivity index (χ4v) is 3.03. The second-order valence-corrected chi connectivity index (χ2v) is 5.88. The van der Waals surface area contributed by atoms with E-state index in [2.05, 4.69) is 44.3 Å². The van der Waals surface area contributed by atoms with E-state index in [0.29, 0.717) is 6.04 Å². The van der Waals surface area contributed by atoms with Gasteiger partial charge in [0.15, 0.2) is 0 Å². The fraction of sp³-hybridized carbons (Fsp3) is 0.471. The van der Waals surface area contributed by atoms with Gasteiger partial charge in [0.25, 0.3) is 0 Å². The van der Waals surface area contributed by atoms with Gasteiger partial charge in [-0.3, -0.25) is 4.98 Å². The third kappa shape index (κ3) is 2.25. The Morgan fingerprint density at radius 2 is 2.11 bits per heavy atom. The Hall–Kier alpha value is -1.41. The predicted octanol–water partition coefficient (Wildman–Crippen LogP) is 3.53. The van der Waals surface area contributed by atoms with Crippen LogP contribution in [-0.2, 0) is 19.4 Å². The molecule has 3 rings (SSSR count). The van der Waals surface area contributed by atoms with Crippen LogP contribution < -0.4 is 5.32 Å². The molecular formula is C17H22N2. The van der Waals surface area contributed by atoms with Crippen LogP contribution in [0.4, 0.5) is 0 Å². The van der Waals surface area contributed by atoms with Crippen molar-refractivity contribution in [3.63, 3.8) is 0 Å². The average molecular weight is 254 g/mol. The van der Waals surface area contributed by atoms with Crippen LogP contribution in [0.3, 0.4) is 0 Å². The maximum absolute atomic E-state index is 4.92. The minimum absolute atomic E-state index is 0.519. The van der Waals surface area contributed by atoms with Gasteiger partial charge in [-0.2, -0.15) is 0 Å². The molecule has 0 spiro atoms. The van der Waals surface area contributed by atoms with Crippen molar-refractivity contribution in [3.05, 3.63) is 40.6 Å². The lowest BCUT2D eigenvalue weighted by molar-refractivity contribution is 0.588. The fourth-order valence-electron chi connectivity index (χ4n) is 3.03. The lowest BCUT2D eigenvalue weighted by atomic mass is 9.99. The molecule has 2 nitrogen and oxygen atoms in total. The molecule has 0 bridgehead atoms. The topological polar surface area (TPSA) is 24.9 Å². The summed E-state index contributed by atoms with van der Waals surface area (Å²) in [4.78, 5) is 4.92. The van der Waals surface area contributed by atoms with Crippen molar-refractivity contribution in [3.8, 4) is 0 Å². The van der Waals surface area contributed by atoms with Crippen molar-refractivity contribution in [2.75, 3.05) is 0 Å². The number of fused-ring (bicyclic) bond motifs is 2. The van der Waals surface area contributed by atoms with Gasteiger partial charge in [0, 0.05) is 23.7 Å². The monoisotopic (exact) mass is 254 g/mol. The molecule has 0 fully saturated rings. The Labute approximate surface area is 115 Å². The molecule has 1 heterocycles. The van der Waals surface area contributed by atoms with Gasteiger partial charge in [-0.05, 0) is 42.9 Å². The molecule has 1 aromatic carbocycles. The third-order valence-electron chi connectivity index (χ3n) is 4.05. The van der Waals surface area contributed by atoms with E-state index in [1.165, 1.54) is 46.1 Å². The smallest absolute Gasteiger partial charge is 0.0737 e. The zero-order chi connectivity index (χ0) is 13.4. The number of nitrogens with zero attached hydrogens (tertiary/aromatic N) is 1. The molecule has 0 unspecified atom stereocenters. The van der Waals surface area contributed by atoms with Crippen LogP contribution in [0.2, 0.25) is 0 Å². The molecule has 19 heavy (non-hydrogen) atoms. The SMILES string of the molecule is Cc1cccc2c(CNC(C)C)c3c(nc12)CCC3. The third-order valence-corrected chi connectivity index (χ3v) is 4.05. The molecule has 0 aliphatic heterocycles. The summed E-state index contributed by atoms with van der Waals surface area (Å²) in [7, 11) is 0. The predicted molar refractivity (Wildman–Crippen MR) is 80.5 cm³/mol. The van der Waals surface area contributed by atoms with Gasteiger partial charge in [-0.1, -0.05) is 32.0 Å². The van der Waals surface area contributed by atoms with Crippen LogP contribution >= 0.6 is 0 Å². The first-order chi connectivity index (χ1) is 9.16. The summed E-state index contributed by atoms with van der Waals surface area (Å²) in [5, 5.41) is 4.92. The van der Waals surface area contributed by atoms with Crippen molar-refractivity contribution in [2.24, 2.45) is 0 Å². The summed E-state index contributed by atoms with van der Waals surface area (Å²) in [6.07, 6.45) is 3.60. The summed E-state index contributed by atoms with van der Waals surface area (Å²) >= 11 is 0. The summed E-state index contributed by atoms with van der Waals surface area (Å²) in [6.45, 7) is 7.53. The normalized spacial score (nSPS) is 14.3. The van der Waals surface area contributed by atoms with Crippen LogP contribution in [0.15, 0.2) is 18.2 Å². The molecule has 1 aromatic heterocycles. The Balaban J connectivity index is 2.18. The number of nitrogens with one attached hydrogen (secondary N) is 1. The van der Waals surface area contributed by atoms with Crippen molar-refractivity contribution in [1.82, 2.24) is 10.3 Å². The Morgan fingerprint density at radius 3 is 2.89 bits per heavy atom. The zero-order valence-electron chi connectivity index (χ0n) is 12.1. The van der Waals surface area contributed by atoms with E-state index in [-0.39, 0.29) is 0 Å².